The lowest BCUT2D eigenvalue weighted by molar-refractivity contribution is 0.0922. The number of carbonyl (C=O) groups excluding carboxylic acids is 1. The van der Waals surface area contributed by atoms with Gasteiger partial charge in [-0.15, -0.1) is 0 Å². The Bertz CT molecular complexity index is 839. The van der Waals surface area contributed by atoms with Gasteiger partial charge in [-0.05, 0) is 41.5 Å². The molecule has 0 spiro atoms. The number of carbonyl (C=O) groups is 1. The second-order valence-electron chi connectivity index (χ2n) is 6.82. The first-order valence-corrected chi connectivity index (χ1v) is 12.5. The number of fused-ring (bicyclic) bond motifs is 1. The smallest absolute Gasteiger partial charge is 0.167 e. The van der Waals surface area contributed by atoms with E-state index in [4.69, 9.17) is 23.4 Å². The maximum absolute atomic E-state index is 13.3. The van der Waals surface area contributed by atoms with Crippen LogP contribution < -0.4 is 0 Å². The van der Waals surface area contributed by atoms with Gasteiger partial charge in [0, 0.05) is 22.2 Å². The maximum Gasteiger partial charge on any atom is 0.167 e. The zero-order valence-electron chi connectivity index (χ0n) is 14.9. The summed E-state index contributed by atoms with van der Waals surface area (Å²) in [5.41, 5.74) is 3.13. The molecule has 0 fully saturated rings. The molecule has 2 aromatic carbocycles. The van der Waals surface area contributed by atoms with Crippen LogP contribution >= 0.6 is 17.6 Å². The van der Waals surface area contributed by atoms with Crippen LogP contribution in [0.25, 0.3) is 0 Å². The van der Waals surface area contributed by atoms with E-state index in [1.54, 1.807) is 0 Å². The Morgan fingerprint density at radius 1 is 1.08 bits per heavy atom. The van der Waals surface area contributed by atoms with Crippen molar-refractivity contribution in [2.24, 2.45) is 5.92 Å². The topological polar surface area (TPSA) is 17.1 Å². The van der Waals surface area contributed by atoms with Crippen molar-refractivity contribution >= 4 is 35.2 Å². The van der Waals surface area contributed by atoms with E-state index >= 15 is 0 Å². The quantitative estimate of drug-likeness (QED) is 0.541. The lowest BCUT2D eigenvalue weighted by Crippen LogP contribution is -2.23. The van der Waals surface area contributed by atoms with Crippen molar-refractivity contribution in [2.45, 2.75) is 32.3 Å². The fraction of sp³-hybridized carbons (Fsp3) is 0.381. The molecular weight excluding hydrogens is 367 g/mol. The van der Waals surface area contributed by atoms with E-state index in [1.807, 2.05) is 36.4 Å². The largest absolute Gasteiger partial charge is 0.294 e. The molecule has 1 aliphatic carbocycles. The van der Waals surface area contributed by atoms with Crippen molar-refractivity contribution < 1.29 is 4.79 Å². The molecule has 0 heterocycles. The van der Waals surface area contributed by atoms with Crippen molar-refractivity contribution in [1.29, 1.82) is 0 Å². The van der Waals surface area contributed by atoms with Crippen molar-refractivity contribution in [3.8, 4) is 0 Å². The Balaban J connectivity index is 2.19. The van der Waals surface area contributed by atoms with Crippen LogP contribution in [-0.4, -0.2) is 18.1 Å². The van der Waals surface area contributed by atoms with Crippen LogP contribution in [0.3, 0.4) is 0 Å². The average molecular weight is 391 g/mol. The highest BCUT2D eigenvalue weighted by atomic mass is 35.5. The molecule has 0 aliphatic heterocycles. The minimum absolute atomic E-state index is 0.0427. The minimum atomic E-state index is -1.76. The lowest BCUT2D eigenvalue weighted by Gasteiger charge is -2.36. The standard InChI is InChI=1S/C21H24ClOPS/c1-4-24(25,5-2)21(17-12-8-9-13-18(17)22)19-14(3)15-10-6-7-11-16(15)20(19)23/h6-14,19,21H,4-5H2,1-3H3. The molecule has 132 valence electrons. The van der Waals surface area contributed by atoms with E-state index in [0.29, 0.717) is 0 Å². The third-order valence-corrected chi connectivity index (χ3v) is 12.0. The fourth-order valence-corrected chi connectivity index (χ4v) is 8.22. The molecule has 1 nitrogen and oxygen atoms in total. The molecule has 3 rings (SSSR count). The SMILES string of the molecule is CCP(=S)(CC)C(c1ccccc1Cl)C1C(=O)c2ccccc2C1C. The molecule has 0 bridgehead atoms. The zero-order valence-corrected chi connectivity index (χ0v) is 17.4. The third-order valence-electron chi connectivity index (χ3n) is 5.70. The van der Waals surface area contributed by atoms with Crippen LogP contribution in [-0.2, 0) is 11.8 Å². The highest BCUT2D eigenvalue weighted by Crippen LogP contribution is 2.66. The van der Waals surface area contributed by atoms with Gasteiger partial charge in [-0.3, -0.25) is 4.79 Å². The van der Waals surface area contributed by atoms with Crippen molar-refractivity contribution in [3.05, 3.63) is 70.2 Å². The van der Waals surface area contributed by atoms with Crippen molar-refractivity contribution in [2.75, 3.05) is 12.3 Å². The number of hydrogen-bond donors (Lipinski definition) is 0. The van der Waals surface area contributed by atoms with Crippen LogP contribution in [0.1, 0.15) is 53.8 Å². The van der Waals surface area contributed by atoms with Crippen LogP contribution in [0.15, 0.2) is 48.5 Å². The minimum Gasteiger partial charge on any atom is -0.294 e. The molecule has 0 saturated heterocycles. The van der Waals surface area contributed by atoms with Gasteiger partial charge in [-0.25, -0.2) is 0 Å². The first-order chi connectivity index (χ1) is 11.9. The Kier molecular flexibility index (Phi) is 5.54. The number of ketones is 1. The third kappa shape index (κ3) is 3.14. The molecule has 0 saturated carbocycles. The highest BCUT2D eigenvalue weighted by molar-refractivity contribution is 8.14. The molecule has 4 heteroatoms. The van der Waals surface area contributed by atoms with Gasteiger partial charge in [0.15, 0.2) is 5.78 Å². The second-order valence-corrected chi connectivity index (χ2v) is 13.1. The van der Waals surface area contributed by atoms with Gasteiger partial charge >= 0.3 is 0 Å². The van der Waals surface area contributed by atoms with Gasteiger partial charge in [0.1, 0.15) is 0 Å². The normalized spacial score (nSPS) is 21.2. The number of benzene rings is 2. The maximum atomic E-state index is 13.3. The van der Waals surface area contributed by atoms with Gasteiger partial charge in [0.25, 0.3) is 0 Å². The summed E-state index contributed by atoms with van der Waals surface area (Å²) in [5.74, 6) is 0.303. The average Bonchev–Trinajstić information content (AvgIpc) is 2.88. The summed E-state index contributed by atoms with van der Waals surface area (Å²) in [6, 6.07) is 14.2. The predicted octanol–water partition coefficient (Wildman–Crippen LogP) is 6.52. The van der Waals surface area contributed by atoms with Gasteiger partial charge in [0.2, 0.25) is 0 Å². The molecule has 0 radical (unpaired) electrons. The second kappa shape index (κ2) is 7.35. The summed E-state index contributed by atoms with van der Waals surface area (Å²) in [5, 5.41) is 0.736. The van der Waals surface area contributed by atoms with Gasteiger partial charge in [-0.2, -0.15) is 0 Å². The Morgan fingerprint density at radius 2 is 1.68 bits per heavy atom. The molecule has 0 amide bonds. The van der Waals surface area contributed by atoms with E-state index in [2.05, 4.69) is 32.9 Å². The molecule has 3 unspecified atom stereocenters. The Labute approximate surface area is 160 Å². The lowest BCUT2D eigenvalue weighted by atomic mass is 9.87. The number of hydrogen-bond acceptors (Lipinski definition) is 2. The van der Waals surface area contributed by atoms with E-state index in [0.717, 1.165) is 34.0 Å². The van der Waals surface area contributed by atoms with Crippen molar-refractivity contribution in [3.63, 3.8) is 0 Å². The first kappa shape index (κ1) is 18.8. The summed E-state index contributed by atoms with van der Waals surface area (Å²) in [7, 11) is 0. The number of Topliss-reactive ketones (excluding diaryl/α,β-unsaturated/α-hetero) is 1. The van der Waals surface area contributed by atoms with Gasteiger partial charge < -0.3 is 0 Å². The van der Waals surface area contributed by atoms with Gasteiger partial charge in [0.05, 0.1) is 0 Å². The molecule has 0 aromatic heterocycles. The molecular formula is C21H24ClOPS. The monoisotopic (exact) mass is 390 g/mol. The summed E-state index contributed by atoms with van der Waals surface area (Å²) in [4.78, 5) is 13.3. The Morgan fingerprint density at radius 3 is 2.28 bits per heavy atom. The highest BCUT2D eigenvalue weighted by Gasteiger charge is 2.46. The summed E-state index contributed by atoms with van der Waals surface area (Å²) < 4.78 is 0. The first-order valence-electron chi connectivity index (χ1n) is 8.90. The van der Waals surface area contributed by atoms with E-state index in [1.165, 1.54) is 0 Å². The van der Waals surface area contributed by atoms with E-state index in [-0.39, 0.29) is 23.3 Å². The summed E-state index contributed by atoms with van der Waals surface area (Å²) in [6.07, 6.45) is 1.89. The van der Waals surface area contributed by atoms with Gasteiger partial charge in [-0.1, -0.05) is 86.6 Å². The molecule has 0 N–H and O–H groups in total. The molecule has 25 heavy (non-hydrogen) atoms. The summed E-state index contributed by atoms with van der Waals surface area (Å²) >= 11 is 12.8. The number of rotatable bonds is 5. The fourth-order valence-electron chi connectivity index (χ4n) is 4.21. The van der Waals surface area contributed by atoms with Crippen molar-refractivity contribution in [1.82, 2.24) is 0 Å². The molecule has 2 aromatic rings. The van der Waals surface area contributed by atoms with Crippen LogP contribution in [0, 0.1) is 5.92 Å². The van der Waals surface area contributed by atoms with Crippen LogP contribution in [0.2, 0.25) is 5.02 Å². The number of halogens is 1. The van der Waals surface area contributed by atoms with Crippen LogP contribution in [0.4, 0.5) is 0 Å². The summed E-state index contributed by atoms with van der Waals surface area (Å²) in [6.45, 7) is 6.51. The predicted molar refractivity (Wildman–Crippen MR) is 112 cm³/mol. The molecule has 3 atom stereocenters. The molecule has 1 aliphatic rings. The zero-order chi connectivity index (χ0) is 18.2. The van der Waals surface area contributed by atoms with Crippen LogP contribution in [0.5, 0.6) is 0 Å². The van der Waals surface area contributed by atoms with E-state index < -0.39 is 6.04 Å². The van der Waals surface area contributed by atoms with E-state index in [9.17, 15) is 4.79 Å². The Hall–Kier alpha value is -0.950.